The van der Waals surface area contributed by atoms with Gasteiger partial charge in [0.1, 0.15) is 12.4 Å². The van der Waals surface area contributed by atoms with Crippen LogP contribution in [-0.2, 0) is 0 Å². The normalized spacial score (nSPS) is 15.9. The van der Waals surface area contributed by atoms with Gasteiger partial charge in [-0.3, -0.25) is 4.79 Å². The van der Waals surface area contributed by atoms with Gasteiger partial charge in [-0.15, -0.1) is 0 Å². The minimum Gasteiger partial charge on any atom is -0.491 e. The number of hydrogen-bond donors (Lipinski definition) is 2. The Hall–Kier alpha value is -1.55. The van der Waals surface area contributed by atoms with Crippen molar-refractivity contribution in [2.75, 3.05) is 19.7 Å². The zero-order chi connectivity index (χ0) is 15.2. The van der Waals surface area contributed by atoms with E-state index >= 15 is 0 Å². The molecule has 4 heteroatoms. The Morgan fingerprint density at radius 1 is 1.33 bits per heavy atom. The molecule has 21 heavy (non-hydrogen) atoms. The van der Waals surface area contributed by atoms with Gasteiger partial charge in [0.05, 0.1) is 12.1 Å². The molecule has 0 aliphatic carbocycles. The first kappa shape index (κ1) is 15.8. The van der Waals surface area contributed by atoms with Gasteiger partial charge in [-0.05, 0) is 43.0 Å². The summed E-state index contributed by atoms with van der Waals surface area (Å²) in [5, 5.41) is 6.38. The lowest BCUT2D eigenvalue weighted by Gasteiger charge is -2.20. The SMILES string of the molecule is CCNC(CCC(C)C)c1ccc2c(c1)C(=O)NCCO2. The number of benzene rings is 1. The largest absolute Gasteiger partial charge is 0.491 e. The van der Waals surface area contributed by atoms with E-state index in [9.17, 15) is 4.79 Å². The quantitative estimate of drug-likeness (QED) is 0.847. The highest BCUT2D eigenvalue weighted by Gasteiger charge is 2.19. The first-order valence-electron chi connectivity index (χ1n) is 7.90. The zero-order valence-corrected chi connectivity index (χ0v) is 13.2. The van der Waals surface area contributed by atoms with Crippen LogP contribution in [0.15, 0.2) is 18.2 Å². The molecule has 1 aliphatic rings. The van der Waals surface area contributed by atoms with Crippen LogP contribution in [0.5, 0.6) is 5.75 Å². The van der Waals surface area contributed by atoms with E-state index in [4.69, 9.17) is 4.74 Å². The maximum Gasteiger partial charge on any atom is 0.255 e. The van der Waals surface area contributed by atoms with Gasteiger partial charge < -0.3 is 15.4 Å². The fraction of sp³-hybridized carbons (Fsp3) is 0.588. The van der Waals surface area contributed by atoms with Crippen molar-refractivity contribution in [2.45, 2.75) is 39.7 Å². The molecule has 0 fully saturated rings. The Labute approximate surface area is 127 Å². The predicted molar refractivity (Wildman–Crippen MR) is 84.8 cm³/mol. The zero-order valence-electron chi connectivity index (χ0n) is 13.2. The number of carbonyl (C=O) groups is 1. The molecule has 1 heterocycles. The van der Waals surface area contributed by atoms with Crippen molar-refractivity contribution >= 4 is 5.91 Å². The van der Waals surface area contributed by atoms with Crippen LogP contribution < -0.4 is 15.4 Å². The van der Waals surface area contributed by atoms with Crippen molar-refractivity contribution < 1.29 is 9.53 Å². The van der Waals surface area contributed by atoms with Gasteiger partial charge in [0.25, 0.3) is 5.91 Å². The molecular weight excluding hydrogens is 264 g/mol. The van der Waals surface area contributed by atoms with Crippen LogP contribution in [0.3, 0.4) is 0 Å². The Bertz CT molecular complexity index is 486. The number of fused-ring (bicyclic) bond motifs is 1. The summed E-state index contributed by atoms with van der Waals surface area (Å²) in [5.74, 6) is 1.33. The van der Waals surface area contributed by atoms with E-state index in [1.54, 1.807) is 0 Å². The molecule has 0 bridgehead atoms. The third kappa shape index (κ3) is 4.21. The van der Waals surface area contributed by atoms with Crippen LogP contribution in [0, 0.1) is 5.92 Å². The molecule has 1 aromatic carbocycles. The lowest BCUT2D eigenvalue weighted by atomic mass is 9.96. The highest BCUT2D eigenvalue weighted by Crippen LogP contribution is 2.27. The molecule has 0 radical (unpaired) electrons. The lowest BCUT2D eigenvalue weighted by molar-refractivity contribution is 0.0957. The maximum absolute atomic E-state index is 12.1. The smallest absolute Gasteiger partial charge is 0.255 e. The molecule has 1 unspecified atom stereocenters. The van der Waals surface area contributed by atoms with E-state index in [-0.39, 0.29) is 5.91 Å². The third-order valence-corrected chi connectivity index (χ3v) is 3.78. The number of hydrogen-bond acceptors (Lipinski definition) is 3. The monoisotopic (exact) mass is 290 g/mol. The Kier molecular flexibility index (Phi) is 5.62. The first-order valence-corrected chi connectivity index (χ1v) is 7.90. The van der Waals surface area contributed by atoms with Gasteiger partial charge in [0.15, 0.2) is 0 Å². The highest BCUT2D eigenvalue weighted by atomic mass is 16.5. The molecule has 116 valence electrons. The van der Waals surface area contributed by atoms with Crippen LogP contribution in [0.1, 0.15) is 55.6 Å². The van der Waals surface area contributed by atoms with Gasteiger partial charge in [0, 0.05) is 6.04 Å². The summed E-state index contributed by atoms with van der Waals surface area (Å²) in [4.78, 5) is 12.1. The number of amides is 1. The maximum atomic E-state index is 12.1. The molecule has 4 nitrogen and oxygen atoms in total. The van der Waals surface area contributed by atoms with E-state index in [0.717, 1.165) is 24.9 Å². The number of rotatable bonds is 6. The summed E-state index contributed by atoms with van der Waals surface area (Å²) >= 11 is 0. The van der Waals surface area contributed by atoms with Crippen molar-refractivity contribution in [1.82, 2.24) is 10.6 Å². The van der Waals surface area contributed by atoms with Gasteiger partial charge >= 0.3 is 0 Å². The minimum absolute atomic E-state index is 0.0385. The number of carbonyl (C=O) groups excluding carboxylic acids is 1. The second-order valence-electron chi connectivity index (χ2n) is 5.94. The van der Waals surface area contributed by atoms with Crippen LogP contribution in [0.2, 0.25) is 0 Å². The molecule has 2 rings (SSSR count). The number of nitrogens with one attached hydrogen (secondary N) is 2. The van der Waals surface area contributed by atoms with Crippen molar-refractivity contribution in [3.05, 3.63) is 29.3 Å². The predicted octanol–water partition coefficient (Wildman–Crippen LogP) is 2.90. The molecule has 0 spiro atoms. The van der Waals surface area contributed by atoms with Gasteiger partial charge in [-0.2, -0.15) is 0 Å². The molecular formula is C17H26N2O2. The summed E-state index contributed by atoms with van der Waals surface area (Å²) in [7, 11) is 0. The second-order valence-corrected chi connectivity index (χ2v) is 5.94. The van der Waals surface area contributed by atoms with Crippen LogP contribution >= 0.6 is 0 Å². The Morgan fingerprint density at radius 2 is 2.14 bits per heavy atom. The Balaban J connectivity index is 2.22. The van der Waals surface area contributed by atoms with E-state index in [1.165, 1.54) is 0 Å². The molecule has 1 amide bonds. The van der Waals surface area contributed by atoms with Crippen molar-refractivity contribution in [3.63, 3.8) is 0 Å². The molecule has 1 aliphatic heterocycles. The molecule has 0 aromatic heterocycles. The topological polar surface area (TPSA) is 50.4 Å². The average Bonchev–Trinajstić information content (AvgIpc) is 2.65. The van der Waals surface area contributed by atoms with E-state index < -0.39 is 0 Å². The van der Waals surface area contributed by atoms with E-state index in [0.29, 0.717) is 36.4 Å². The highest BCUT2D eigenvalue weighted by molar-refractivity contribution is 5.97. The van der Waals surface area contributed by atoms with Crippen LogP contribution in [0.25, 0.3) is 0 Å². The van der Waals surface area contributed by atoms with Crippen LogP contribution in [0.4, 0.5) is 0 Å². The molecule has 2 N–H and O–H groups in total. The van der Waals surface area contributed by atoms with Crippen molar-refractivity contribution in [3.8, 4) is 5.75 Å². The number of ether oxygens (including phenoxy) is 1. The second kappa shape index (κ2) is 7.46. The van der Waals surface area contributed by atoms with Gasteiger partial charge in [0.2, 0.25) is 0 Å². The van der Waals surface area contributed by atoms with Crippen molar-refractivity contribution in [2.24, 2.45) is 5.92 Å². The average molecular weight is 290 g/mol. The summed E-state index contributed by atoms with van der Waals surface area (Å²) in [6, 6.07) is 6.27. The minimum atomic E-state index is -0.0385. The van der Waals surface area contributed by atoms with E-state index in [2.05, 4.69) is 37.5 Å². The fourth-order valence-corrected chi connectivity index (χ4v) is 2.62. The standard InChI is InChI=1S/C17H26N2O2/c1-4-18-15(7-5-12(2)3)13-6-8-16-14(11-13)17(20)19-9-10-21-16/h6,8,11-12,15,18H,4-5,7,9-10H2,1-3H3,(H,19,20). The van der Waals surface area contributed by atoms with Gasteiger partial charge in [-0.25, -0.2) is 0 Å². The molecule has 0 saturated heterocycles. The summed E-state index contributed by atoms with van der Waals surface area (Å²) in [5.41, 5.74) is 1.81. The summed E-state index contributed by atoms with van der Waals surface area (Å²) in [6.45, 7) is 8.60. The Morgan fingerprint density at radius 3 is 2.86 bits per heavy atom. The summed E-state index contributed by atoms with van der Waals surface area (Å²) < 4.78 is 5.61. The fourth-order valence-electron chi connectivity index (χ4n) is 2.62. The van der Waals surface area contributed by atoms with E-state index in [1.807, 2.05) is 12.1 Å². The van der Waals surface area contributed by atoms with Crippen LogP contribution in [-0.4, -0.2) is 25.6 Å². The van der Waals surface area contributed by atoms with Crippen molar-refractivity contribution in [1.29, 1.82) is 0 Å². The molecule has 1 atom stereocenters. The lowest BCUT2D eigenvalue weighted by Crippen LogP contribution is -2.25. The van der Waals surface area contributed by atoms with Gasteiger partial charge in [-0.1, -0.05) is 26.8 Å². The third-order valence-electron chi connectivity index (χ3n) is 3.78. The first-order chi connectivity index (χ1) is 10.1. The summed E-state index contributed by atoms with van der Waals surface area (Å²) in [6.07, 6.45) is 2.24. The molecule has 0 saturated carbocycles. The molecule has 1 aromatic rings.